The smallest absolute Gasteiger partial charge is 0.212 e. The minimum Gasteiger partial charge on any atom is -0.291 e. The molecule has 2 nitrogen and oxygen atoms in total. The Morgan fingerprint density at radius 2 is 2.40 bits per heavy atom. The number of hydrogen-bond donors (Lipinski definition) is 0. The van der Waals surface area contributed by atoms with E-state index in [9.17, 15) is 9.18 Å². The number of hydrogen-bond acceptors (Lipinski definition) is 2. The van der Waals surface area contributed by atoms with Crippen molar-refractivity contribution in [2.45, 2.75) is 6.42 Å². The Balaban J connectivity index is 2.78. The molecule has 0 aromatic carbocycles. The molecule has 0 N–H and O–H groups in total. The first-order chi connectivity index (χ1) is 4.83. The third-order valence-electron chi connectivity index (χ3n) is 1.06. The van der Waals surface area contributed by atoms with Crippen molar-refractivity contribution in [3.63, 3.8) is 0 Å². The molecule has 0 saturated heterocycles. The molecule has 3 heteroatoms. The summed E-state index contributed by atoms with van der Waals surface area (Å²) in [4.78, 5) is 13.2. The molecule has 0 unspecified atom stereocenters. The van der Waals surface area contributed by atoms with Crippen molar-refractivity contribution in [1.29, 1.82) is 0 Å². The summed E-state index contributed by atoms with van der Waals surface area (Å²) in [7, 11) is 0. The zero-order chi connectivity index (χ0) is 7.40. The molecule has 10 heavy (non-hydrogen) atoms. The molecule has 0 amide bonds. The van der Waals surface area contributed by atoms with Crippen molar-refractivity contribution in [2.24, 2.45) is 0 Å². The summed E-state index contributed by atoms with van der Waals surface area (Å²) < 4.78 is 12.1. The molecular formula is C7H5FNO. The number of halogens is 1. The number of nitrogens with zero attached hydrogens (tertiary/aromatic N) is 1. The summed E-state index contributed by atoms with van der Waals surface area (Å²) in [5.41, 5.74) is 0.677. The van der Waals surface area contributed by atoms with Gasteiger partial charge in [-0.05, 0) is 11.6 Å². The summed E-state index contributed by atoms with van der Waals surface area (Å²) >= 11 is 0. The van der Waals surface area contributed by atoms with Gasteiger partial charge >= 0.3 is 0 Å². The van der Waals surface area contributed by atoms with Gasteiger partial charge in [-0.15, -0.1) is 0 Å². The largest absolute Gasteiger partial charge is 0.291 e. The predicted molar refractivity (Wildman–Crippen MR) is 33.6 cm³/mol. The Morgan fingerprint density at radius 1 is 1.60 bits per heavy atom. The highest BCUT2D eigenvalue weighted by molar-refractivity contribution is 5.55. The molecule has 51 valence electrons. The first-order valence-electron chi connectivity index (χ1n) is 2.78. The standard InChI is InChI=1S/C7H5FNO/c8-7-2-1-6(3-4-10)5-9-7/h1-2,5H,3H2. The second-order valence-electron chi connectivity index (χ2n) is 1.81. The highest BCUT2D eigenvalue weighted by atomic mass is 19.1. The van der Waals surface area contributed by atoms with Gasteiger partial charge < -0.3 is 0 Å². The molecule has 0 spiro atoms. The van der Waals surface area contributed by atoms with Crippen LogP contribution in [0, 0.1) is 5.95 Å². The molecule has 0 bridgehead atoms. The first kappa shape index (κ1) is 6.86. The maximum atomic E-state index is 12.1. The van der Waals surface area contributed by atoms with Crippen LogP contribution in [0.3, 0.4) is 0 Å². The van der Waals surface area contributed by atoms with E-state index in [2.05, 4.69) is 4.98 Å². The summed E-state index contributed by atoms with van der Waals surface area (Å²) in [6.07, 6.45) is 3.18. The van der Waals surface area contributed by atoms with Gasteiger partial charge in [0.1, 0.15) is 0 Å². The van der Waals surface area contributed by atoms with Gasteiger partial charge in [0.15, 0.2) is 0 Å². The summed E-state index contributed by atoms with van der Waals surface area (Å²) in [6.45, 7) is 0. The second kappa shape index (κ2) is 3.06. The average Bonchev–Trinajstić information content (AvgIpc) is 1.95. The topological polar surface area (TPSA) is 30.0 Å². The minimum absolute atomic E-state index is 0.174. The monoisotopic (exact) mass is 138 g/mol. The van der Waals surface area contributed by atoms with Gasteiger partial charge in [0, 0.05) is 12.6 Å². The SMILES string of the molecule is O=[C]Cc1ccc(F)nc1. The van der Waals surface area contributed by atoms with Crippen molar-refractivity contribution in [3.8, 4) is 0 Å². The third kappa shape index (κ3) is 1.62. The van der Waals surface area contributed by atoms with E-state index in [4.69, 9.17) is 0 Å². The van der Waals surface area contributed by atoms with Gasteiger partial charge in [-0.3, -0.25) is 4.79 Å². The second-order valence-corrected chi connectivity index (χ2v) is 1.81. The molecule has 0 aliphatic heterocycles. The van der Waals surface area contributed by atoms with Crippen LogP contribution < -0.4 is 0 Å². The molecule has 0 aliphatic rings. The lowest BCUT2D eigenvalue weighted by molar-refractivity contribution is 0.554. The van der Waals surface area contributed by atoms with Crippen LogP contribution >= 0.6 is 0 Å². The molecule has 1 aromatic heterocycles. The van der Waals surface area contributed by atoms with Crippen molar-refractivity contribution in [2.75, 3.05) is 0 Å². The van der Waals surface area contributed by atoms with E-state index < -0.39 is 5.95 Å². The van der Waals surface area contributed by atoms with Crippen molar-refractivity contribution < 1.29 is 9.18 Å². The van der Waals surface area contributed by atoms with Crippen molar-refractivity contribution in [1.82, 2.24) is 4.98 Å². The number of aromatic nitrogens is 1. The third-order valence-corrected chi connectivity index (χ3v) is 1.06. The Morgan fingerprint density at radius 3 is 2.90 bits per heavy atom. The zero-order valence-electron chi connectivity index (χ0n) is 5.17. The Labute approximate surface area is 57.7 Å². The van der Waals surface area contributed by atoms with Gasteiger partial charge in [0.05, 0.1) is 0 Å². The minimum atomic E-state index is -0.533. The molecule has 1 radical (unpaired) electrons. The van der Waals surface area contributed by atoms with Crippen LogP contribution in [-0.2, 0) is 11.2 Å². The Kier molecular flexibility index (Phi) is 2.10. The molecule has 0 fully saturated rings. The quantitative estimate of drug-likeness (QED) is 0.567. The van der Waals surface area contributed by atoms with E-state index in [1.54, 1.807) is 6.29 Å². The number of pyridine rings is 1. The molecule has 1 heterocycles. The van der Waals surface area contributed by atoms with E-state index in [0.29, 0.717) is 5.56 Å². The van der Waals surface area contributed by atoms with Gasteiger partial charge in [0.25, 0.3) is 0 Å². The summed E-state index contributed by atoms with van der Waals surface area (Å²) in [5, 5.41) is 0. The van der Waals surface area contributed by atoms with E-state index in [-0.39, 0.29) is 6.42 Å². The summed E-state index contributed by atoms with van der Waals surface area (Å²) in [5.74, 6) is -0.533. The van der Waals surface area contributed by atoms with Crippen LogP contribution in [0.1, 0.15) is 5.56 Å². The molecule has 1 aromatic rings. The fourth-order valence-corrected chi connectivity index (χ4v) is 0.594. The lowest BCUT2D eigenvalue weighted by Crippen LogP contribution is -1.88. The van der Waals surface area contributed by atoms with Crippen LogP contribution in [-0.4, -0.2) is 11.3 Å². The molecule has 1 rings (SSSR count). The van der Waals surface area contributed by atoms with Crippen molar-refractivity contribution in [3.05, 3.63) is 29.8 Å². The lowest BCUT2D eigenvalue weighted by atomic mass is 10.2. The molecule has 0 aliphatic carbocycles. The number of rotatable bonds is 2. The van der Waals surface area contributed by atoms with Gasteiger partial charge in [-0.2, -0.15) is 4.39 Å². The summed E-state index contributed by atoms with van der Waals surface area (Å²) in [6, 6.07) is 2.72. The van der Waals surface area contributed by atoms with Gasteiger partial charge in [-0.25, -0.2) is 4.98 Å². The van der Waals surface area contributed by atoms with Crippen LogP contribution in [0.4, 0.5) is 4.39 Å². The molecular weight excluding hydrogens is 133 g/mol. The molecule has 0 saturated carbocycles. The van der Waals surface area contributed by atoms with E-state index >= 15 is 0 Å². The average molecular weight is 138 g/mol. The van der Waals surface area contributed by atoms with E-state index in [0.717, 1.165) is 0 Å². The highest BCUT2D eigenvalue weighted by Crippen LogP contribution is 1.97. The molecule has 0 atom stereocenters. The highest BCUT2D eigenvalue weighted by Gasteiger charge is 1.92. The Hall–Kier alpha value is -1.25. The van der Waals surface area contributed by atoms with Crippen LogP contribution in [0.5, 0.6) is 0 Å². The fraction of sp³-hybridized carbons (Fsp3) is 0.143. The first-order valence-corrected chi connectivity index (χ1v) is 2.78. The van der Waals surface area contributed by atoms with Crippen LogP contribution in [0.2, 0.25) is 0 Å². The predicted octanol–water partition coefficient (Wildman–Crippen LogP) is 0.873. The van der Waals surface area contributed by atoms with Crippen molar-refractivity contribution >= 4 is 6.29 Å². The van der Waals surface area contributed by atoms with Gasteiger partial charge in [0.2, 0.25) is 12.2 Å². The maximum absolute atomic E-state index is 12.1. The fourth-order valence-electron chi connectivity index (χ4n) is 0.594. The van der Waals surface area contributed by atoms with Gasteiger partial charge in [-0.1, -0.05) is 6.07 Å². The Bertz CT molecular complexity index is 220. The zero-order valence-corrected chi connectivity index (χ0v) is 5.17. The van der Waals surface area contributed by atoms with E-state index in [1.165, 1.54) is 18.3 Å². The van der Waals surface area contributed by atoms with Crippen LogP contribution in [0.15, 0.2) is 18.3 Å². The normalized spacial score (nSPS) is 9.30. The van der Waals surface area contributed by atoms with E-state index in [1.807, 2.05) is 0 Å². The number of carbonyl (C=O) groups excluding carboxylic acids is 1. The maximum Gasteiger partial charge on any atom is 0.212 e. The van der Waals surface area contributed by atoms with Crippen LogP contribution in [0.25, 0.3) is 0 Å². The lowest BCUT2D eigenvalue weighted by Gasteiger charge is -1.90.